The van der Waals surface area contributed by atoms with Crippen LogP contribution < -0.4 is 0 Å². The molecule has 0 amide bonds. The molecule has 7 rings (SSSR count). The standard InChI is InChI=1S/C37H52O11/c1-7-8-20(22(39)17-38)15-23-21(11-14-44-23)30-33(4)12-10-24-35(6,37(33)31(48-37)32(43)46-30)29(42)27(41)28-34(5,13-9-19(2)3)47-25-16-26(40)45-18-36(24,25)28/h11,14,19-20,22,24-25,28-31,38-39,42H,7-10,12-13,15-18H2,1-6H3/t20-,22-,24+,25+,28-,29-,30+,31-,33+,34+,35+,36+,37-/m1/s1. The van der Waals surface area contributed by atoms with Crippen molar-refractivity contribution in [3.63, 3.8) is 0 Å². The van der Waals surface area contributed by atoms with Gasteiger partial charge in [0.05, 0.1) is 43.0 Å². The highest BCUT2D eigenvalue weighted by atomic mass is 16.7. The molecule has 2 aliphatic carbocycles. The van der Waals surface area contributed by atoms with E-state index in [0.717, 1.165) is 12.8 Å². The van der Waals surface area contributed by atoms with Crippen LogP contribution in [0.3, 0.4) is 0 Å². The second-order valence-corrected chi connectivity index (χ2v) is 16.7. The first-order valence-electron chi connectivity index (χ1n) is 17.9. The highest BCUT2D eigenvalue weighted by Gasteiger charge is 2.91. The fourth-order valence-electron chi connectivity index (χ4n) is 11.6. The third-order valence-electron chi connectivity index (χ3n) is 13.9. The van der Waals surface area contributed by atoms with E-state index in [1.54, 1.807) is 12.3 Å². The maximum atomic E-state index is 14.8. The monoisotopic (exact) mass is 672 g/mol. The second-order valence-electron chi connectivity index (χ2n) is 16.7. The number of fused-ring (bicyclic) bond motifs is 1. The number of hydrogen-bond donors (Lipinski definition) is 3. The number of hydrogen-bond acceptors (Lipinski definition) is 11. The van der Waals surface area contributed by atoms with Crippen LogP contribution in [0, 0.1) is 39.9 Å². The lowest BCUT2D eigenvalue weighted by Crippen LogP contribution is -2.76. The summed E-state index contributed by atoms with van der Waals surface area (Å²) in [5, 5.41) is 32.7. The lowest BCUT2D eigenvalue weighted by atomic mass is 9.36. The molecule has 6 fully saturated rings. The number of ether oxygens (including phenoxy) is 4. The van der Waals surface area contributed by atoms with Crippen molar-refractivity contribution < 1.29 is 53.1 Å². The fourth-order valence-corrected chi connectivity index (χ4v) is 11.6. The van der Waals surface area contributed by atoms with Crippen LogP contribution in [0.15, 0.2) is 16.7 Å². The summed E-state index contributed by atoms with van der Waals surface area (Å²) in [6, 6.07) is 1.79. The molecule has 2 spiro atoms. The third-order valence-corrected chi connectivity index (χ3v) is 13.9. The Balaban J connectivity index is 1.32. The van der Waals surface area contributed by atoms with E-state index >= 15 is 0 Å². The van der Waals surface area contributed by atoms with Crippen LogP contribution in [-0.4, -0.2) is 81.9 Å². The van der Waals surface area contributed by atoms with Crippen LogP contribution in [0.5, 0.6) is 0 Å². The molecule has 5 heterocycles. The molecule has 1 aromatic rings. The van der Waals surface area contributed by atoms with Gasteiger partial charge in [0.15, 0.2) is 11.9 Å². The number of Topliss-reactive ketones (excluding diaryl/α,β-unsaturated/α-hetero) is 1. The van der Waals surface area contributed by atoms with E-state index in [1.165, 1.54) is 0 Å². The zero-order valence-electron chi connectivity index (χ0n) is 29.0. The van der Waals surface area contributed by atoms with Gasteiger partial charge < -0.3 is 38.7 Å². The van der Waals surface area contributed by atoms with E-state index in [9.17, 15) is 29.7 Å². The quantitative estimate of drug-likeness (QED) is 0.244. The first-order valence-corrected chi connectivity index (χ1v) is 17.9. The number of rotatable bonds is 10. The van der Waals surface area contributed by atoms with Crippen molar-refractivity contribution in [1.82, 2.24) is 0 Å². The molecule has 0 bridgehead atoms. The summed E-state index contributed by atoms with van der Waals surface area (Å²) in [4.78, 5) is 41.4. The Morgan fingerprint density at radius 3 is 2.50 bits per heavy atom. The number of cyclic esters (lactones) is 2. The molecule has 266 valence electrons. The first kappa shape index (κ1) is 34.2. The number of aliphatic hydroxyl groups is 3. The molecule has 0 radical (unpaired) electrons. The molecule has 48 heavy (non-hydrogen) atoms. The van der Waals surface area contributed by atoms with Crippen molar-refractivity contribution in [2.75, 3.05) is 13.2 Å². The van der Waals surface area contributed by atoms with Gasteiger partial charge in [-0.25, -0.2) is 4.79 Å². The SMILES string of the molecule is CCC[C@H](Cc1occc1[C@@H]1OC(=O)[C@H]2O[C@]23[C@]2(C)[C@H](O)C(=O)[C@H]4[C@@]5(COC(=O)C[C@@H]5O[C@@]4(C)CCC(C)C)[C@H]2CC[C@@]13C)[C@H](O)CO. The molecular weight excluding hydrogens is 620 g/mol. The van der Waals surface area contributed by atoms with Gasteiger partial charge in [0.25, 0.3) is 0 Å². The van der Waals surface area contributed by atoms with Crippen LogP contribution in [0.2, 0.25) is 0 Å². The molecule has 0 aromatic carbocycles. The van der Waals surface area contributed by atoms with Crippen molar-refractivity contribution in [3.8, 4) is 0 Å². The molecule has 4 aliphatic heterocycles. The van der Waals surface area contributed by atoms with Gasteiger partial charge in [0.2, 0.25) is 0 Å². The minimum atomic E-state index is -1.45. The average Bonchev–Trinajstić information content (AvgIpc) is 3.59. The van der Waals surface area contributed by atoms with Crippen LogP contribution in [0.25, 0.3) is 0 Å². The summed E-state index contributed by atoms with van der Waals surface area (Å²) in [5.74, 6) is -1.64. The highest BCUT2D eigenvalue weighted by molar-refractivity contribution is 5.92. The van der Waals surface area contributed by atoms with Gasteiger partial charge in [0.1, 0.15) is 30.2 Å². The van der Waals surface area contributed by atoms with Crippen LogP contribution >= 0.6 is 0 Å². The Morgan fingerprint density at radius 2 is 1.81 bits per heavy atom. The first-order chi connectivity index (χ1) is 22.7. The maximum absolute atomic E-state index is 14.8. The Bertz CT molecular complexity index is 1470. The molecule has 4 saturated heterocycles. The van der Waals surface area contributed by atoms with Gasteiger partial charge in [-0.15, -0.1) is 0 Å². The Morgan fingerprint density at radius 1 is 1.06 bits per heavy atom. The summed E-state index contributed by atoms with van der Waals surface area (Å²) >= 11 is 0. The van der Waals surface area contributed by atoms with E-state index in [0.29, 0.717) is 49.3 Å². The Kier molecular flexibility index (Phi) is 8.08. The van der Waals surface area contributed by atoms with Crippen LogP contribution in [0.1, 0.15) is 104 Å². The molecule has 3 N–H and O–H groups in total. The molecule has 6 aliphatic rings. The zero-order valence-corrected chi connectivity index (χ0v) is 29.0. The summed E-state index contributed by atoms with van der Waals surface area (Å²) in [7, 11) is 0. The van der Waals surface area contributed by atoms with Crippen LogP contribution in [0.4, 0.5) is 0 Å². The van der Waals surface area contributed by atoms with E-state index in [-0.39, 0.29) is 43.2 Å². The molecule has 13 atom stereocenters. The molecule has 11 heteroatoms. The van der Waals surface area contributed by atoms with Gasteiger partial charge in [-0.1, -0.05) is 41.0 Å². The van der Waals surface area contributed by atoms with Gasteiger partial charge >= 0.3 is 11.9 Å². The average molecular weight is 673 g/mol. The van der Waals surface area contributed by atoms with Crippen molar-refractivity contribution in [1.29, 1.82) is 0 Å². The van der Waals surface area contributed by atoms with Crippen molar-refractivity contribution in [2.24, 2.45) is 39.9 Å². The van der Waals surface area contributed by atoms with Gasteiger partial charge in [-0.2, -0.15) is 0 Å². The number of carbonyl (C=O) groups is 3. The minimum absolute atomic E-state index is 0.0143. The normalized spacial score (nSPS) is 45.7. The van der Waals surface area contributed by atoms with Gasteiger partial charge in [-0.05, 0) is 62.8 Å². The second kappa shape index (κ2) is 11.4. The number of ketones is 1. The number of epoxide rings is 1. The van der Waals surface area contributed by atoms with E-state index in [4.69, 9.17) is 23.4 Å². The van der Waals surface area contributed by atoms with Crippen LogP contribution in [-0.2, 0) is 39.8 Å². The number of carbonyl (C=O) groups excluding carboxylic acids is 3. The Hall–Kier alpha value is -2.31. The van der Waals surface area contributed by atoms with Gasteiger partial charge in [-0.3, -0.25) is 9.59 Å². The minimum Gasteiger partial charge on any atom is -0.469 e. The maximum Gasteiger partial charge on any atom is 0.339 e. The largest absolute Gasteiger partial charge is 0.469 e. The third kappa shape index (κ3) is 4.26. The van der Waals surface area contributed by atoms with E-state index in [2.05, 4.69) is 13.8 Å². The summed E-state index contributed by atoms with van der Waals surface area (Å²) in [6.07, 6.45) is 1.18. The van der Waals surface area contributed by atoms with Crippen molar-refractivity contribution in [3.05, 3.63) is 23.7 Å². The summed E-state index contributed by atoms with van der Waals surface area (Å²) in [6.45, 7) is 11.8. The highest BCUT2D eigenvalue weighted by Crippen LogP contribution is 2.80. The number of furan rings is 1. The molecule has 2 saturated carbocycles. The lowest BCUT2D eigenvalue weighted by Gasteiger charge is -2.66. The summed E-state index contributed by atoms with van der Waals surface area (Å²) < 4.78 is 31.4. The number of aliphatic hydroxyl groups excluding tert-OH is 3. The molecular formula is C37H52O11. The molecule has 11 nitrogen and oxygen atoms in total. The zero-order chi connectivity index (χ0) is 34.6. The predicted molar refractivity (Wildman–Crippen MR) is 169 cm³/mol. The molecule has 1 aromatic heterocycles. The smallest absolute Gasteiger partial charge is 0.339 e. The predicted octanol–water partition coefficient (Wildman–Crippen LogP) is 3.84. The van der Waals surface area contributed by atoms with Crippen molar-refractivity contribution in [2.45, 2.75) is 135 Å². The van der Waals surface area contributed by atoms with E-state index < -0.39 is 69.9 Å². The van der Waals surface area contributed by atoms with Crippen molar-refractivity contribution >= 4 is 17.7 Å². The summed E-state index contributed by atoms with van der Waals surface area (Å²) in [5.41, 5.74) is -4.46. The number of esters is 2. The molecule has 0 unspecified atom stereocenters. The lowest BCUT2D eigenvalue weighted by molar-refractivity contribution is -0.252. The Labute approximate surface area is 282 Å². The van der Waals surface area contributed by atoms with E-state index in [1.807, 2.05) is 27.7 Å². The topological polar surface area (TPSA) is 165 Å². The fraction of sp³-hybridized carbons (Fsp3) is 0.811. The van der Waals surface area contributed by atoms with Gasteiger partial charge in [0, 0.05) is 28.2 Å².